The van der Waals surface area contributed by atoms with E-state index in [-0.39, 0.29) is 18.0 Å². The van der Waals surface area contributed by atoms with Gasteiger partial charge in [0.2, 0.25) is 0 Å². The Balaban J connectivity index is 1.47. The van der Waals surface area contributed by atoms with Crippen LogP contribution in [0.3, 0.4) is 0 Å². The minimum atomic E-state index is -0.534. The van der Waals surface area contributed by atoms with Gasteiger partial charge in [-0.05, 0) is 38.0 Å². The number of halogens is 1. The molecule has 11 nitrogen and oxygen atoms in total. The van der Waals surface area contributed by atoms with Crippen LogP contribution in [0.1, 0.15) is 46.0 Å². The van der Waals surface area contributed by atoms with Crippen molar-refractivity contribution in [2.24, 2.45) is 0 Å². The van der Waals surface area contributed by atoms with Gasteiger partial charge >= 0.3 is 6.09 Å². The SMILES string of the molecule is CCN1c2c(OCCC3CSCCN3C(=O)OC(C)(C)C)cnc(Cl)c2NC1c1nonc1N. The fourth-order valence-electron chi connectivity index (χ4n) is 4.03. The number of pyridine rings is 1. The summed E-state index contributed by atoms with van der Waals surface area (Å²) in [4.78, 5) is 20.8. The second-order valence-electron chi connectivity index (χ2n) is 9.04. The van der Waals surface area contributed by atoms with Gasteiger partial charge in [-0.15, -0.1) is 0 Å². The van der Waals surface area contributed by atoms with Crippen LogP contribution < -0.4 is 20.7 Å². The van der Waals surface area contributed by atoms with E-state index < -0.39 is 11.8 Å². The Labute approximate surface area is 207 Å². The molecule has 2 atom stereocenters. The van der Waals surface area contributed by atoms with Gasteiger partial charge in [-0.1, -0.05) is 11.6 Å². The summed E-state index contributed by atoms with van der Waals surface area (Å²) in [6.45, 7) is 9.31. The number of nitrogen functional groups attached to an aromatic ring is 1. The lowest BCUT2D eigenvalue weighted by molar-refractivity contribution is 0.0170. The molecular formula is C21H30ClN7O4S. The van der Waals surface area contributed by atoms with E-state index in [1.165, 1.54) is 0 Å². The number of carbonyl (C=O) groups excluding carboxylic acids is 1. The fraction of sp³-hybridized carbons (Fsp3) is 0.619. The van der Waals surface area contributed by atoms with E-state index in [0.717, 1.165) is 17.2 Å². The van der Waals surface area contributed by atoms with E-state index in [4.69, 9.17) is 31.4 Å². The number of nitrogens with two attached hydrogens (primary N) is 1. The third-order valence-corrected chi connectivity index (χ3v) is 6.93. The second kappa shape index (κ2) is 9.95. The van der Waals surface area contributed by atoms with E-state index in [9.17, 15) is 4.79 Å². The molecule has 13 heteroatoms. The van der Waals surface area contributed by atoms with Crippen molar-refractivity contribution in [1.82, 2.24) is 20.2 Å². The molecule has 2 unspecified atom stereocenters. The largest absolute Gasteiger partial charge is 0.490 e. The average molecular weight is 512 g/mol. The van der Waals surface area contributed by atoms with Crippen LogP contribution in [0, 0.1) is 0 Å². The van der Waals surface area contributed by atoms with Gasteiger partial charge in [-0.2, -0.15) is 11.8 Å². The standard InChI is InChI=1S/C21H30ClN7O4S/c1-5-28-16-13(10-24-17(22)14(16)25-19(28)15-18(23)27-33-26-15)31-8-6-12-11-34-9-7-29(12)20(30)32-21(2,3)4/h10,12,19,25H,5-9,11H2,1-4H3,(H2,23,27). The minimum absolute atomic E-state index is 0.0241. The number of thioether (sulfide) groups is 1. The number of fused-ring (bicyclic) bond motifs is 1. The summed E-state index contributed by atoms with van der Waals surface area (Å²) in [6.07, 6.45) is 1.58. The zero-order valence-electron chi connectivity index (χ0n) is 19.7. The highest BCUT2D eigenvalue weighted by Crippen LogP contribution is 2.49. The first-order valence-corrected chi connectivity index (χ1v) is 12.7. The highest BCUT2D eigenvalue weighted by atomic mass is 35.5. The second-order valence-corrected chi connectivity index (χ2v) is 10.6. The number of ether oxygens (including phenoxy) is 2. The number of amides is 1. The van der Waals surface area contributed by atoms with Crippen molar-refractivity contribution in [3.05, 3.63) is 17.0 Å². The Morgan fingerprint density at radius 2 is 2.21 bits per heavy atom. The Hall–Kier alpha value is -2.60. The van der Waals surface area contributed by atoms with Crippen molar-refractivity contribution < 1.29 is 18.9 Å². The summed E-state index contributed by atoms with van der Waals surface area (Å²) in [6, 6.07) is 0.0241. The summed E-state index contributed by atoms with van der Waals surface area (Å²) in [5.74, 6) is 2.51. The van der Waals surface area contributed by atoms with Crippen LogP contribution in [0.2, 0.25) is 5.15 Å². The quantitative estimate of drug-likeness (QED) is 0.549. The molecule has 1 fully saturated rings. The Bertz CT molecular complexity index is 1030. The highest BCUT2D eigenvalue weighted by molar-refractivity contribution is 7.99. The maximum atomic E-state index is 12.7. The number of carbonyl (C=O) groups is 1. The third kappa shape index (κ3) is 5.07. The van der Waals surface area contributed by atoms with Crippen molar-refractivity contribution in [3.63, 3.8) is 0 Å². The molecule has 1 saturated heterocycles. The summed E-state index contributed by atoms with van der Waals surface area (Å²) in [5.41, 5.74) is 7.27. The molecule has 34 heavy (non-hydrogen) atoms. The van der Waals surface area contributed by atoms with E-state index in [0.29, 0.717) is 48.4 Å². The predicted molar refractivity (Wildman–Crippen MR) is 132 cm³/mol. The molecule has 0 bridgehead atoms. The van der Waals surface area contributed by atoms with Crippen LogP contribution in [0.5, 0.6) is 5.75 Å². The number of nitrogens with one attached hydrogen (secondary N) is 1. The van der Waals surface area contributed by atoms with E-state index in [2.05, 4.69) is 20.6 Å². The molecule has 1 amide bonds. The topological polar surface area (TPSA) is 132 Å². The lowest BCUT2D eigenvalue weighted by Gasteiger charge is -2.36. The molecule has 2 aliphatic heterocycles. The van der Waals surface area contributed by atoms with Gasteiger partial charge in [0.15, 0.2) is 28.6 Å². The van der Waals surface area contributed by atoms with Crippen LogP contribution in [-0.2, 0) is 4.74 Å². The van der Waals surface area contributed by atoms with Gasteiger partial charge in [-0.3, -0.25) is 0 Å². The molecule has 0 radical (unpaired) electrons. The van der Waals surface area contributed by atoms with Gasteiger partial charge in [0.25, 0.3) is 0 Å². The lowest BCUT2D eigenvalue weighted by Crippen LogP contribution is -2.48. The summed E-state index contributed by atoms with van der Waals surface area (Å²) in [5, 5.41) is 11.2. The molecule has 3 N–H and O–H groups in total. The Morgan fingerprint density at radius 3 is 2.88 bits per heavy atom. The first-order valence-electron chi connectivity index (χ1n) is 11.2. The van der Waals surface area contributed by atoms with Crippen molar-refractivity contribution in [2.45, 2.75) is 51.9 Å². The maximum Gasteiger partial charge on any atom is 0.410 e. The average Bonchev–Trinajstić information content (AvgIpc) is 3.38. The van der Waals surface area contributed by atoms with E-state index in [1.54, 1.807) is 6.20 Å². The first-order chi connectivity index (χ1) is 16.2. The molecule has 0 spiro atoms. The number of hydrogen-bond donors (Lipinski definition) is 2. The van der Waals surface area contributed by atoms with Gasteiger partial charge in [0.05, 0.1) is 12.8 Å². The zero-order chi connectivity index (χ0) is 24.5. The molecule has 4 heterocycles. The monoisotopic (exact) mass is 511 g/mol. The summed E-state index contributed by atoms with van der Waals surface area (Å²) < 4.78 is 16.6. The number of anilines is 3. The Morgan fingerprint density at radius 1 is 1.41 bits per heavy atom. The molecule has 0 aromatic carbocycles. The Kier molecular flexibility index (Phi) is 7.17. The van der Waals surface area contributed by atoms with Gasteiger partial charge < -0.3 is 30.3 Å². The summed E-state index contributed by atoms with van der Waals surface area (Å²) in [7, 11) is 0. The van der Waals surface area contributed by atoms with Crippen molar-refractivity contribution in [1.29, 1.82) is 0 Å². The van der Waals surface area contributed by atoms with Crippen LogP contribution in [-0.4, -0.2) is 69.1 Å². The third-order valence-electron chi connectivity index (χ3n) is 5.56. The van der Waals surface area contributed by atoms with Crippen LogP contribution in [0.15, 0.2) is 10.8 Å². The van der Waals surface area contributed by atoms with Gasteiger partial charge in [0, 0.05) is 37.1 Å². The minimum Gasteiger partial charge on any atom is -0.490 e. The van der Waals surface area contributed by atoms with Crippen LogP contribution in [0.4, 0.5) is 22.0 Å². The summed E-state index contributed by atoms with van der Waals surface area (Å²) >= 11 is 8.21. The van der Waals surface area contributed by atoms with Crippen molar-refractivity contribution >= 4 is 46.6 Å². The molecular weight excluding hydrogens is 482 g/mol. The predicted octanol–water partition coefficient (Wildman–Crippen LogP) is 3.77. The fourth-order valence-corrected chi connectivity index (χ4v) is 5.34. The molecule has 4 rings (SSSR count). The molecule has 0 saturated carbocycles. The number of nitrogens with zero attached hydrogens (tertiary/aromatic N) is 5. The molecule has 0 aliphatic carbocycles. The number of aromatic nitrogens is 3. The van der Waals surface area contributed by atoms with Gasteiger partial charge in [-0.25, -0.2) is 14.4 Å². The van der Waals surface area contributed by atoms with Crippen LogP contribution >= 0.6 is 23.4 Å². The number of rotatable bonds is 6. The molecule has 2 aromatic heterocycles. The van der Waals surface area contributed by atoms with E-state index in [1.807, 2.05) is 49.3 Å². The van der Waals surface area contributed by atoms with Crippen molar-refractivity contribution in [2.75, 3.05) is 47.2 Å². The lowest BCUT2D eigenvalue weighted by atomic mass is 10.2. The maximum absolute atomic E-state index is 12.7. The first kappa shape index (κ1) is 24.5. The molecule has 2 aromatic rings. The van der Waals surface area contributed by atoms with Crippen LogP contribution in [0.25, 0.3) is 0 Å². The highest BCUT2D eigenvalue weighted by Gasteiger charge is 2.37. The van der Waals surface area contributed by atoms with Crippen molar-refractivity contribution in [3.8, 4) is 5.75 Å². The molecule has 2 aliphatic rings. The number of hydrogen-bond acceptors (Lipinski definition) is 11. The van der Waals surface area contributed by atoms with E-state index >= 15 is 0 Å². The van der Waals surface area contributed by atoms with Gasteiger partial charge in [0.1, 0.15) is 17.0 Å². The normalized spacial score (nSPS) is 20.1. The smallest absolute Gasteiger partial charge is 0.410 e. The molecule has 186 valence electrons. The zero-order valence-corrected chi connectivity index (χ0v) is 21.3.